The number of carboxylic acids is 1. The van der Waals surface area contributed by atoms with Gasteiger partial charge in [0.2, 0.25) is 0 Å². The third-order valence-electron chi connectivity index (χ3n) is 3.10. The summed E-state index contributed by atoms with van der Waals surface area (Å²) in [5, 5.41) is 12.9. The molecule has 0 aliphatic rings. The van der Waals surface area contributed by atoms with E-state index in [-0.39, 0.29) is 13.2 Å². The standard InChI is InChI=1S/C16H17NO4S/c1-2-7-21-16(20)17-10-12(15(18)19)9-13-8-11-5-3-4-6-14(11)22-13/h2-6,8,12H,1,7,9-10H2,(H,17,20)(H,18,19). The number of amides is 1. The maximum Gasteiger partial charge on any atom is 0.407 e. The highest BCUT2D eigenvalue weighted by molar-refractivity contribution is 7.19. The number of ether oxygens (including phenoxy) is 1. The van der Waals surface area contributed by atoms with Crippen LogP contribution < -0.4 is 5.32 Å². The topological polar surface area (TPSA) is 75.6 Å². The largest absolute Gasteiger partial charge is 0.481 e. The molecule has 5 nitrogen and oxygen atoms in total. The molecule has 116 valence electrons. The Morgan fingerprint density at radius 1 is 1.41 bits per heavy atom. The molecule has 0 saturated heterocycles. The molecule has 0 aliphatic heterocycles. The Labute approximate surface area is 132 Å². The second-order valence-corrected chi connectivity index (χ2v) is 5.93. The van der Waals surface area contributed by atoms with Crippen molar-refractivity contribution in [2.24, 2.45) is 5.92 Å². The van der Waals surface area contributed by atoms with Gasteiger partial charge in [-0.15, -0.1) is 11.3 Å². The second-order valence-electron chi connectivity index (χ2n) is 4.76. The van der Waals surface area contributed by atoms with Crippen LogP contribution in [0.1, 0.15) is 4.88 Å². The molecule has 1 aromatic carbocycles. The first-order valence-corrected chi connectivity index (χ1v) is 7.63. The molecule has 2 aromatic rings. The van der Waals surface area contributed by atoms with Crippen molar-refractivity contribution in [3.05, 3.63) is 47.9 Å². The van der Waals surface area contributed by atoms with Crippen molar-refractivity contribution >= 4 is 33.5 Å². The van der Waals surface area contributed by atoms with Crippen LogP contribution in [0.2, 0.25) is 0 Å². The molecule has 0 bridgehead atoms. The number of hydrogen-bond donors (Lipinski definition) is 2. The quantitative estimate of drug-likeness (QED) is 0.769. The van der Waals surface area contributed by atoms with Gasteiger partial charge in [-0.2, -0.15) is 0 Å². The fraction of sp³-hybridized carbons (Fsp3) is 0.250. The highest BCUT2D eigenvalue weighted by Crippen LogP contribution is 2.27. The molecule has 1 atom stereocenters. The van der Waals surface area contributed by atoms with Crippen molar-refractivity contribution in [2.75, 3.05) is 13.2 Å². The Hall–Kier alpha value is -2.34. The number of carboxylic acid groups (broad SMARTS) is 1. The molecule has 1 unspecified atom stereocenters. The predicted molar refractivity (Wildman–Crippen MR) is 86.2 cm³/mol. The first-order chi connectivity index (χ1) is 10.6. The maximum absolute atomic E-state index is 11.4. The minimum Gasteiger partial charge on any atom is -0.481 e. The normalized spacial score (nSPS) is 11.8. The zero-order valence-corrected chi connectivity index (χ0v) is 12.8. The minimum absolute atomic E-state index is 0.0273. The summed E-state index contributed by atoms with van der Waals surface area (Å²) < 4.78 is 5.89. The van der Waals surface area contributed by atoms with Crippen LogP contribution in [0, 0.1) is 5.92 Å². The van der Waals surface area contributed by atoms with Crippen molar-refractivity contribution in [1.82, 2.24) is 5.32 Å². The lowest BCUT2D eigenvalue weighted by Gasteiger charge is -2.12. The third kappa shape index (κ3) is 4.33. The molecule has 1 amide bonds. The zero-order valence-electron chi connectivity index (χ0n) is 12.0. The van der Waals surface area contributed by atoms with Crippen molar-refractivity contribution in [2.45, 2.75) is 6.42 Å². The van der Waals surface area contributed by atoms with Crippen LogP contribution in [-0.2, 0) is 16.0 Å². The molecular formula is C16H17NO4S. The predicted octanol–water partition coefficient (Wildman–Crippen LogP) is 3.06. The fourth-order valence-corrected chi connectivity index (χ4v) is 3.16. The Morgan fingerprint density at radius 3 is 2.86 bits per heavy atom. The summed E-state index contributed by atoms with van der Waals surface area (Å²) in [4.78, 5) is 23.7. The SMILES string of the molecule is C=CCOC(=O)NCC(Cc1cc2ccccc2s1)C(=O)O. The molecule has 22 heavy (non-hydrogen) atoms. The van der Waals surface area contributed by atoms with Gasteiger partial charge in [-0.3, -0.25) is 4.79 Å². The van der Waals surface area contributed by atoms with Crippen LogP contribution in [0.4, 0.5) is 4.79 Å². The van der Waals surface area contributed by atoms with Gasteiger partial charge >= 0.3 is 12.1 Å². The van der Waals surface area contributed by atoms with Crippen LogP contribution in [0.15, 0.2) is 43.0 Å². The van der Waals surface area contributed by atoms with E-state index in [1.54, 1.807) is 11.3 Å². The molecule has 0 radical (unpaired) electrons. The molecular weight excluding hydrogens is 302 g/mol. The molecule has 0 fully saturated rings. The first kappa shape index (κ1) is 16.0. The lowest BCUT2D eigenvalue weighted by molar-refractivity contribution is -0.141. The average molecular weight is 319 g/mol. The number of benzene rings is 1. The number of hydrogen-bond acceptors (Lipinski definition) is 4. The molecule has 0 saturated carbocycles. The minimum atomic E-state index is -0.943. The number of carbonyl (C=O) groups excluding carboxylic acids is 1. The van der Waals surface area contributed by atoms with E-state index >= 15 is 0 Å². The van der Waals surface area contributed by atoms with Crippen LogP contribution in [0.3, 0.4) is 0 Å². The van der Waals surface area contributed by atoms with Crippen molar-refractivity contribution < 1.29 is 19.4 Å². The van der Waals surface area contributed by atoms with Crippen LogP contribution in [0.25, 0.3) is 10.1 Å². The summed E-state index contributed by atoms with van der Waals surface area (Å²) >= 11 is 1.57. The van der Waals surface area contributed by atoms with Gasteiger partial charge in [0, 0.05) is 16.1 Å². The van der Waals surface area contributed by atoms with E-state index in [1.165, 1.54) is 6.08 Å². The van der Waals surface area contributed by atoms with Crippen molar-refractivity contribution in [3.8, 4) is 0 Å². The van der Waals surface area contributed by atoms with Crippen LogP contribution in [0.5, 0.6) is 0 Å². The van der Waals surface area contributed by atoms with Gasteiger partial charge in [0.1, 0.15) is 6.61 Å². The molecule has 1 aromatic heterocycles. The molecule has 2 rings (SSSR count). The van der Waals surface area contributed by atoms with Crippen molar-refractivity contribution in [3.63, 3.8) is 0 Å². The van der Waals surface area contributed by atoms with Gasteiger partial charge in [0.25, 0.3) is 0 Å². The molecule has 0 spiro atoms. The molecule has 0 aliphatic carbocycles. The monoisotopic (exact) mass is 319 g/mol. The Morgan fingerprint density at radius 2 is 2.18 bits per heavy atom. The van der Waals surface area contributed by atoms with E-state index in [1.807, 2.05) is 30.3 Å². The molecule has 2 N–H and O–H groups in total. The summed E-state index contributed by atoms with van der Waals surface area (Å²) in [5.74, 6) is -1.63. The Kier molecular flexibility index (Phi) is 5.55. The van der Waals surface area contributed by atoms with Gasteiger partial charge in [0.05, 0.1) is 5.92 Å². The number of aliphatic carboxylic acids is 1. The van der Waals surface area contributed by atoms with E-state index in [0.717, 1.165) is 15.0 Å². The van der Waals surface area contributed by atoms with E-state index < -0.39 is 18.0 Å². The van der Waals surface area contributed by atoms with E-state index in [2.05, 4.69) is 11.9 Å². The fourth-order valence-electron chi connectivity index (χ4n) is 2.02. The lowest BCUT2D eigenvalue weighted by atomic mass is 10.0. The van der Waals surface area contributed by atoms with Gasteiger partial charge in [-0.05, 0) is 23.9 Å². The Balaban J connectivity index is 1.97. The van der Waals surface area contributed by atoms with Gasteiger partial charge in [-0.25, -0.2) is 4.79 Å². The Bertz CT molecular complexity index is 647. The molecule has 1 heterocycles. The summed E-state index contributed by atoms with van der Waals surface area (Å²) in [6.07, 6.45) is 1.18. The summed E-state index contributed by atoms with van der Waals surface area (Å²) in [6, 6.07) is 9.89. The third-order valence-corrected chi connectivity index (χ3v) is 4.24. The van der Waals surface area contributed by atoms with E-state index in [4.69, 9.17) is 4.74 Å². The van der Waals surface area contributed by atoms with Gasteiger partial charge in [-0.1, -0.05) is 30.9 Å². The summed E-state index contributed by atoms with van der Waals surface area (Å²) in [5.41, 5.74) is 0. The van der Waals surface area contributed by atoms with Crippen LogP contribution in [-0.4, -0.2) is 30.3 Å². The average Bonchev–Trinajstić information content (AvgIpc) is 2.91. The lowest BCUT2D eigenvalue weighted by Crippen LogP contribution is -2.34. The van der Waals surface area contributed by atoms with Gasteiger partial charge < -0.3 is 15.2 Å². The maximum atomic E-state index is 11.4. The smallest absolute Gasteiger partial charge is 0.407 e. The van der Waals surface area contributed by atoms with E-state index in [9.17, 15) is 14.7 Å². The summed E-state index contributed by atoms with van der Waals surface area (Å²) in [7, 11) is 0. The first-order valence-electron chi connectivity index (χ1n) is 6.82. The van der Waals surface area contributed by atoms with Crippen molar-refractivity contribution in [1.29, 1.82) is 0 Å². The number of rotatable bonds is 7. The number of nitrogens with one attached hydrogen (secondary N) is 1. The highest BCUT2D eigenvalue weighted by Gasteiger charge is 2.20. The number of fused-ring (bicyclic) bond motifs is 1. The number of carbonyl (C=O) groups is 2. The second kappa shape index (κ2) is 7.61. The van der Waals surface area contributed by atoms with Crippen LogP contribution >= 0.6 is 11.3 Å². The number of thiophene rings is 1. The summed E-state index contributed by atoms with van der Waals surface area (Å²) in [6.45, 7) is 3.56. The highest BCUT2D eigenvalue weighted by atomic mass is 32.1. The van der Waals surface area contributed by atoms with Gasteiger partial charge in [0.15, 0.2) is 0 Å². The molecule has 6 heteroatoms. The number of alkyl carbamates (subject to hydrolysis) is 1. The zero-order chi connectivity index (χ0) is 15.9. The van der Waals surface area contributed by atoms with E-state index in [0.29, 0.717) is 6.42 Å².